The zero-order valence-corrected chi connectivity index (χ0v) is 20.0. The Morgan fingerprint density at radius 2 is 1.91 bits per heavy atom. The number of carbonyl (C=O) groups excluding carboxylic acids is 1. The molecule has 2 aromatic heterocycles. The molecule has 5 rings (SSSR count). The number of amides is 1. The van der Waals surface area contributed by atoms with Gasteiger partial charge in [0.2, 0.25) is 0 Å². The Labute approximate surface area is 198 Å². The van der Waals surface area contributed by atoms with Crippen LogP contribution in [0.2, 0.25) is 0 Å². The van der Waals surface area contributed by atoms with Gasteiger partial charge in [0.1, 0.15) is 4.90 Å². The van der Waals surface area contributed by atoms with Crippen LogP contribution >= 0.6 is 0 Å². The van der Waals surface area contributed by atoms with Gasteiger partial charge in [-0.1, -0.05) is 24.6 Å². The van der Waals surface area contributed by atoms with Gasteiger partial charge in [0.05, 0.1) is 22.5 Å². The van der Waals surface area contributed by atoms with E-state index in [-0.39, 0.29) is 29.0 Å². The highest BCUT2D eigenvalue weighted by atomic mass is 32.2. The van der Waals surface area contributed by atoms with Crippen LogP contribution in [0.5, 0.6) is 0 Å². The number of nitrogens with zero attached hydrogens (tertiary/aromatic N) is 4. The first-order valence-electron chi connectivity index (χ1n) is 11.7. The molecule has 1 atom stereocenters. The third-order valence-electron chi connectivity index (χ3n) is 6.96. The van der Waals surface area contributed by atoms with Crippen LogP contribution in [0.3, 0.4) is 0 Å². The van der Waals surface area contributed by atoms with E-state index in [9.17, 15) is 18.3 Å². The quantitative estimate of drug-likeness (QED) is 0.550. The van der Waals surface area contributed by atoms with Crippen LogP contribution in [-0.4, -0.2) is 60.1 Å². The Morgan fingerprint density at radius 1 is 1.18 bits per heavy atom. The standard InChI is InChI=1S/C24H29N5O4S/c1-34(32,33)22-20(23(25)31)26-24-18(21(22)28-12-6-7-15(13-28)14-30)19(16-8-5-9-16)27-29(24)17-10-3-2-4-11-17/h2-4,10-11,15-16,30H,5-9,12-14H2,1H3,(H2,25,31)/t15-/m1/s1. The van der Waals surface area contributed by atoms with E-state index in [1.165, 1.54) is 0 Å². The van der Waals surface area contributed by atoms with E-state index in [0.29, 0.717) is 29.8 Å². The summed E-state index contributed by atoms with van der Waals surface area (Å²) in [7, 11) is -3.87. The molecule has 2 fully saturated rings. The molecule has 34 heavy (non-hydrogen) atoms. The van der Waals surface area contributed by atoms with Gasteiger partial charge in [-0.2, -0.15) is 5.10 Å². The molecule has 0 spiro atoms. The lowest BCUT2D eigenvalue weighted by Crippen LogP contribution is -2.38. The molecule has 0 unspecified atom stereocenters. The largest absolute Gasteiger partial charge is 0.396 e. The minimum atomic E-state index is -3.87. The van der Waals surface area contributed by atoms with E-state index in [2.05, 4.69) is 4.98 Å². The van der Waals surface area contributed by atoms with Crippen LogP contribution < -0.4 is 10.6 Å². The molecule has 1 saturated carbocycles. The van der Waals surface area contributed by atoms with Crippen molar-refractivity contribution in [2.45, 2.75) is 42.9 Å². The molecule has 1 saturated heterocycles. The number of anilines is 1. The summed E-state index contributed by atoms with van der Waals surface area (Å²) in [6, 6.07) is 9.48. The summed E-state index contributed by atoms with van der Waals surface area (Å²) in [6.45, 7) is 1.11. The molecule has 0 bridgehead atoms. The number of rotatable bonds is 6. The number of aromatic nitrogens is 3. The van der Waals surface area contributed by atoms with Gasteiger partial charge in [-0.25, -0.2) is 18.1 Å². The van der Waals surface area contributed by atoms with Crippen molar-refractivity contribution in [3.63, 3.8) is 0 Å². The second kappa shape index (κ2) is 8.66. The van der Waals surface area contributed by atoms with Crippen molar-refractivity contribution in [2.75, 3.05) is 30.9 Å². The molecular formula is C24H29N5O4S. The molecule has 3 aromatic rings. The van der Waals surface area contributed by atoms with Crippen LogP contribution in [0.1, 0.15) is 54.2 Å². The molecule has 3 N–H and O–H groups in total. The lowest BCUT2D eigenvalue weighted by Gasteiger charge is -2.35. The summed E-state index contributed by atoms with van der Waals surface area (Å²) in [6.07, 6.45) is 5.76. The van der Waals surface area contributed by atoms with Crippen LogP contribution in [0.4, 0.5) is 5.69 Å². The molecule has 180 valence electrons. The predicted molar refractivity (Wildman–Crippen MR) is 129 cm³/mol. The van der Waals surface area contributed by atoms with E-state index in [0.717, 1.165) is 49.7 Å². The van der Waals surface area contributed by atoms with E-state index in [1.54, 1.807) is 4.68 Å². The number of piperidine rings is 1. The first-order valence-corrected chi connectivity index (χ1v) is 13.6. The predicted octanol–water partition coefficient (Wildman–Crippen LogP) is 2.40. The molecular weight excluding hydrogens is 454 g/mol. The summed E-state index contributed by atoms with van der Waals surface area (Å²) in [5, 5.41) is 15.4. The van der Waals surface area contributed by atoms with Crippen molar-refractivity contribution in [1.29, 1.82) is 0 Å². The number of primary amides is 1. The first kappa shape index (κ1) is 22.8. The number of fused-ring (bicyclic) bond motifs is 1. The maximum atomic E-state index is 13.1. The SMILES string of the molecule is CS(=O)(=O)c1c(C(N)=O)nc2c(c(C3CCC3)nn2-c2ccccc2)c1N1CCC[C@@H](CO)C1. The number of sulfone groups is 1. The highest BCUT2D eigenvalue weighted by molar-refractivity contribution is 7.91. The van der Waals surface area contributed by atoms with Crippen molar-refractivity contribution in [2.24, 2.45) is 11.7 Å². The van der Waals surface area contributed by atoms with Crippen molar-refractivity contribution in [3.8, 4) is 5.69 Å². The molecule has 3 heterocycles. The number of aliphatic hydroxyl groups excluding tert-OH is 1. The lowest BCUT2D eigenvalue weighted by atomic mass is 9.81. The summed E-state index contributed by atoms with van der Waals surface area (Å²) in [5.41, 5.74) is 7.87. The highest BCUT2D eigenvalue weighted by Crippen LogP contribution is 2.45. The van der Waals surface area contributed by atoms with Crippen molar-refractivity contribution < 1.29 is 18.3 Å². The number of para-hydroxylation sites is 1. The van der Waals surface area contributed by atoms with Crippen LogP contribution in [0.15, 0.2) is 35.2 Å². The first-order chi connectivity index (χ1) is 16.3. The van der Waals surface area contributed by atoms with Crippen molar-refractivity contribution >= 4 is 32.5 Å². The van der Waals surface area contributed by atoms with Gasteiger partial charge in [-0.3, -0.25) is 4.79 Å². The zero-order valence-electron chi connectivity index (χ0n) is 19.1. The Kier molecular flexibility index (Phi) is 5.81. The smallest absolute Gasteiger partial charge is 0.268 e. The molecule has 0 radical (unpaired) electrons. The van der Waals surface area contributed by atoms with E-state index in [4.69, 9.17) is 10.8 Å². The fourth-order valence-corrected chi connectivity index (χ4v) is 6.17. The average Bonchev–Trinajstić information content (AvgIpc) is 3.15. The Bertz CT molecular complexity index is 1350. The lowest BCUT2D eigenvalue weighted by molar-refractivity contribution is 0.0992. The number of aliphatic hydroxyl groups is 1. The van der Waals surface area contributed by atoms with E-state index >= 15 is 0 Å². The molecule has 9 nitrogen and oxygen atoms in total. The third kappa shape index (κ3) is 3.84. The van der Waals surface area contributed by atoms with Gasteiger partial charge in [-0.15, -0.1) is 0 Å². The van der Waals surface area contributed by atoms with Gasteiger partial charge >= 0.3 is 0 Å². The topological polar surface area (TPSA) is 131 Å². The molecule has 10 heteroatoms. The fourth-order valence-electron chi connectivity index (χ4n) is 5.09. The molecule has 1 aliphatic carbocycles. The van der Waals surface area contributed by atoms with Crippen molar-refractivity contribution in [1.82, 2.24) is 14.8 Å². The maximum absolute atomic E-state index is 13.1. The minimum Gasteiger partial charge on any atom is -0.396 e. The maximum Gasteiger partial charge on any atom is 0.268 e. The minimum absolute atomic E-state index is 0.0118. The zero-order chi connectivity index (χ0) is 24.0. The van der Waals surface area contributed by atoms with Gasteiger partial charge in [-0.05, 0) is 43.7 Å². The summed E-state index contributed by atoms with van der Waals surface area (Å²) in [5.74, 6) is -0.693. The number of nitrogens with two attached hydrogens (primary N) is 1. The Morgan fingerprint density at radius 3 is 2.50 bits per heavy atom. The van der Waals surface area contributed by atoms with Crippen LogP contribution in [-0.2, 0) is 9.84 Å². The van der Waals surface area contributed by atoms with Gasteiger partial charge in [0.25, 0.3) is 5.91 Å². The number of hydrogen-bond donors (Lipinski definition) is 2. The average molecular weight is 484 g/mol. The van der Waals surface area contributed by atoms with Gasteiger partial charge in [0, 0.05) is 31.9 Å². The molecule has 2 aliphatic rings. The highest BCUT2D eigenvalue weighted by Gasteiger charge is 2.36. The van der Waals surface area contributed by atoms with Crippen molar-refractivity contribution in [3.05, 3.63) is 41.7 Å². The van der Waals surface area contributed by atoms with Crippen LogP contribution in [0.25, 0.3) is 16.7 Å². The second-order valence-electron chi connectivity index (χ2n) is 9.37. The molecule has 1 amide bonds. The van der Waals surface area contributed by atoms with E-state index in [1.807, 2.05) is 35.2 Å². The summed E-state index contributed by atoms with van der Waals surface area (Å²) in [4.78, 5) is 18.9. The van der Waals surface area contributed by atoms with Gasteiger partial charge < -0.3 is 15.7 Å². The Hall–Kier alpha value is -2.98. The number of hydrogen-bond acceptors (Lipinski definition) is 7. The monoisotopic (exact) mass is 483 g/mol. The Balaban J connectivity index is 1.90. The number of pyridine rings is 1. The fraction of sp³-hybridized carbons (Fsp3) is 0.458. The third-order valence-corrected chi connectivity index (χ3v) is 8.09. The summed E-state index contributed by atoms with van der Waals surface area (Å²) >= 11 is 0. The van der Waals surface area contributed by atoms with E-state index < -0.39 is 15.7 Å². The number of carbonyl (C=O) groups is 1. The second-order valence-corrected chi connectivity index (χ2v) is 11.3. The summed E-state index contributed by atoms with van der Waals surface area (Å²) < 4.78 is 27.9. The number of benzene rings is 1. The normalized spacial score (nSPS) is 19.4. The molecule has 1 aliphatic heterocycles. The van der Waals surface area contributed by atoms with Gasteiger partial charge in [0.15, 0.2) is 21.2 Å². The van der Waals surface area contributed by atoms with Crippen LogP contribution in [0, 0.1) is 5.92 Å². The molecule has 1 aromatic carbocycles.